The first kappa shape index (κ1) is 21.1. The molecule has 1 N–H and O–H groups in total. The molecule has 0 aliphatic heterocycles. The van der Waals surface area contributed by atoms with Gasteiger partial charge in [-0.25, -0.2) is 15.0 Å². The second-order valence-electron chi connectivity index (χ2n) is 8.03. The highest BCUT2D eigenvalue weighted by Gasteiger charge is 2.28. The van der Waals surface area contributed by atoms with Crippen molar-refractivity contribution in [3.8, 4) is 11.4 Å². The zero-order chi connectivity index (χ0) is 21.7. The molecule has 6 heteroatoms. The molecule has 1 unspecified atom stereocenters. The summed E-state index contributed by atoms with van der Waals surface area (Å²) < 4.78 is 5.33. The molecular weight excluding hydrogens is 386 g/mol. The third-order valence-corrected chi connectivity index (χ3v) is 5.62. The van der Waals surface area contributed by atoms with Crippen LogP contribution in [0.5, 0.6) is 0 Å². The van der Waals surface area contributed by atoms with Gasteiger partial charge in [-0.1, -0.05) is 50.1 Å². The van der Waals surface area contributed by atoms with Crippen molar-refractivity contribution in [2.45, 2.75) is 51.7 Å². The number of hydrogen-bond acceptors (Lipinski definition) is 6. The van der Waals surface area contributed by atoms with Gasteiger partial charge in [0.2, 0.25) is 0 Å². The predicted octanol–water partition coefficient (Wildman–Crippen LogP) is 5.40. The molecule has 0 amide bonds. The molecule has 1 aliphatic rings. The highest BCUT2D eigenvalue weighted by atomic mass is 16.5. The zero-order valence-electron chi connectivity index (χ0n) is 18.4. The van der Waals surface area contributed by atoms with Gasteiger partial charge in [0.1, 0.15) is 12.4 Å². The van der Waals surface area contributed by atoms with Crippen LogP contribution < -0.4 is 5.32 Å². The van der Waals surface area contributed by atoms with E-state index in [1.54, 1.807) is 13.3 Å². The van der Waals surface area contributed by atoms with E-state index in [0.29, 0.717) is 18.1 Å². The van der Waals surface area contributed by atoms with Crippen LogP contribution in [0.1, 0.15) is 44.0 Å². The fourth-order valence-corrected chi connectivity index (χ4v) is 3.96. The predicted molar refractivity (Wildman–Crippen MR) is 125 cm³/mol. The molecule has 0 spiro atoms. The van der Waals surface area contributed by atoms with E-state index in [9.17, 15) is 0 Å². The average molecular weight is 416 g/mol. The van der Waals surface area contributed by atoms with Crippen molar-refractivity contribution in [1.29, 1.82) is 0 Å². The summed E-state index contributed by atoms with van der Waals surface area (Å²) >= 11 is 0. The lowest BCUT2D eigenvalue weighted by molar-refractivity contribution is 0.178. The van der Waals surface area contributed by atoms with Gasteiger partial charge in [-0.3, -0.25) is 4.98 Å². The standard InChI is InChI=1S/C25H29N5O/c1-4-5-13-25(14-7-6-8-15-25)30-24-19-11-12-20(22-18(2)10-9-16-26-22)27-23(19)28-21(29-24)17-31-3/h6-12,14,16H,4-5,13,15,17H2,1-3H3,(H,27,28,29,30). The number of methoxy groups -OCH3 is 1. The lowest BCUT2D eigenvalue weighted by Crippen LogP contribution is -2.37. The van der Waals surface area contributed by atoms with E-state index in [-0.39, 0.29) is 5.54 Å². The average Bonchev–Trinajstić information content (AvgIpc) is 2.78. The van der Waals surface area contributed by atoms with Crippen LogP contribution in [0.25, 0.3) is 22.4 Å². The number of nitrogens with zero attached hydrogens (tertiary/aromatic N) is 4. The molecule has 0 fully saturated rings. The summed E-state index contributed by atoms with van der Waals surface area (Å²) in [6, 6.07) is 8.01. The Labute approximate surface area is 183 Å². The number of pyridine rings is 2. The second-order valence-corrected chi connectivity index (χ2v) is 8.03. The van der Waals surface area contributed by atoms with Crippen LogP contribution in [0.15, 0.2) is 54.8 Å². The Morgan fingerprint density at radius 2 is 2.03 bits per heavy atom. The van der Waals surface area contributed by atoms with E-state index < -0.39 is 0 Å². The summed E-state index contributed by atoms with van der Waals surface area (Å²) in [5.74, 6) is 1.41. The number of unbranched alkanes of at least 4 members (excludes halogenated alkanes) is 1. The van der Waals surface area contributed by atoms with E-state index in [2.05, 4.69) is 46.5 Å². The summed E-state index contributed by atoms with van der Waals surface area (Å²) in [7, 11) is 1.65. The Balaban J connectivity index is 1.79. The van der Waals surface area contributed by atoms with Crippen molar-refractivity contribution in [2.24, 2.45) is 0 Å². The number of rotatable bonds is 8. The number of aromatic nitrogens is 4. The summed E-state index contributed by atoms with van der Waals surface area (Å²) in [4.78, 5) is 18.8. The van der Waals surface area contributed by atoms with Gasteiger partial charge in [0.15, 0.2) is 11.5 Å². The van der Waals surface area contributed by atoms with E-state index in [1.807, 2.05) is 31.2 Å². The van der Waals surface area contributed by atoms with Gasteiger partial charge in [0.25, 0.3) is 0 Å². The van der Waals surface area contributed by atoms with Crippen LogP contribution >= 0.6 is 0 Å². The molecule has 0 aromatic carbocycles. The summed E-state index contributed by atoms with van der Waals surface area (Å²) in [5.41, 5.74) is 3.24. The van der Waals surface area contributed by atoms with E-state index in [4.69, 9.17) is 14.7 Å². The van der Waals surface area contributed by atoms with E-state index >= 15 is 0 Å². The number of fused-ring (bicyclic) bond motifs is 1. The number of aryl methyl sites for hydroxylation is 1. The van der Waals surface area contributed by atoms with Crippen molar-refractivity contribution in [3.05, 3.63) is 66.2 Å². The Kier molecular flexibility index (Phi) is 6.37. The number of hydrogen-bond donors (Lipinski definition) is 1. The molecule has 0 radical (unpaired) electrons. The zero-order valence-corrected chi connectivity index (χ0v) is 18.4. The Morgan fingerprint density at radius 3 is 2.77 bits per heavy atom. The normalized spacial score (nSPS) is 17.9. The highest BCUT2D eigenvalue weighted by molar-refractivity contribution is 5.88. The van der Waals surface area contributed by atoms with Crippen LogP contribution in [0.3, 0.4) is 0 Å². The number of nitrogens with one attached hydrogen (secondary N) is 1. The highest BCUT2D eigenvalue weighted by Crippen LogP contribution is 2.32. The van der Waals surface area contributed by atoms with Gasteiger partial charge in [0.05, 0.1) is 22.3 Å². The molecule has 0 saturated carbocycles. The van der Waals surface area contributed by atoms with Crippen LogP contribution in [-0.4, -0.2) is 32.6 Å². The fourth-order valence-electron chi connectivity index (χ4n) is 3.96. The van der Waals surface area contributed by atoms with Crippen LogP contribution in [0, 0.1) is 6.92 Å². The fraction of sp³-hybridized carbons (Fsp3) is 0.360. The largest absolute Gasteiger partial charge is 0.377 e. The second kappa shape index (κ2) is 9.35. The van der Waals surface area contributed by atoms with Crippen molar-refractivity contribution in [1.82, 2.24) is 19.9 Å². The maximum atomic E-state index is 5.33. The molecule has 4 rings (SSSR count). The molecule has 1 atom stereocenters. The van der Waals surface area contributed by atoms with Gasteiger partial charge in [-0.15, -0.1) is 0 Å². The minimum Gasteiger partial charge on any atom is -0.377 e. The molecule has 31 heavy (non-hydrogen) atoms. The Hall–Kier alpha value is -3.12. The maximum absolute atomic E-state index is 5.33. The smallest absolute Gasteiger partial charge is 0.165 e. The Bertz CT molecular complexity index is 1120. The first-order valence-electron chi connectivity index (χ1n) is 10.9. The Morgan fingerprint density at radius 1 is 1.13 bits per heavy atom. The lowest BCUT2D eigenvalue weighted by atomic mass is 9.86. The van der Waals surface area contributed by atoms with Crippen molar-refractivity contribution in [2.75, 3.05) is 12.4 Å². The van der Waals surface area contributed by atoms with Gasteiger partial charge in [-0.05, 0) is 43.5 Å². The van der Waals surface area contributed by atoms with Crippen molar-refractivity contribution in [3.63, 3.8) is 0 Å². The molecule has 3 heterocycles. The summed E-state index contributed by atoms with van der Waals surface area (Å²) in [6.07, 6.45) is 14.7. The first-order chi connectivity index (χ1) is 15.1. The molecular formula is C25H29N5O. The number of ether oxygens (including phenoxy) is 1. The van der Waals surface area contributed by atoms with Gasteiger partial charge in [-0.2, -0.15) is 0 Å². The first-order valence-corrected chi connectivity index (χ1v) is 10.9. The SMILES string of the molecule is CCCCC1(Nc2nc(COC)nc3nc(-c4ncccc4C)ccc23)C=CC=CC1. The molecule has 1 aliphatic carbocycles. The van der Waals surface area contributed by atoms with Gasteiger partial charge < -0.3 is 10.1 Å². The van der Waals surface area contributed by atoms with Crippen LogP contribution in [-0.2, 0) is 11.3 Å². The molecule has 160 valence electrons. The molecule has 0 saturated heterocycles. The topological polar surface area (TPSA) is 72.8 Å². The maximum Gasteiger partial charge on any atom is 0.165 e. The molecule has 3 aromatic rings. The molecule has 3 aromatic heterocycles. The molecule has 0 bridgehead atoms. The monoisotopic (exact) mass is 415 g/mol. The van der Waals surface area contributed by atoms with Crippen LogP contribution in [0.4, 0.5) is 5.82 Å². The van der Waals surface area contributed by atoms with E-state index in [0.717, 1.165) is 53.8 Å². The van der Waals surface area contributed by atoms with Gasteiger partial charge in [0, 0.05) is 13.3 Å². The minimum absolute atomic E-state index is 0.160. The van der Waals surface area contributed by atoms with Gasteiger partial charge >= 0.3 is 0 Å². The molecule has 6 nitrogen and oxygen atoms in total. The number of anilines is 1. The van der Waals surface area contributed by atoms with Crippen LogP contribution in [0.2, 0.25) is 0 Å². The lowest BCUT2D eigenvalue weighted by Gasteiger charge is -2.33. The van der Waals surface area contributed by atoms with E-state index in [1.165, 1.54) is 0 Å². The van der Waals surface area contributed by atoms with Crippen molar-refractivity contribution >= 4 is 16.9 Å². The third-order valence-electron chi connectivity index (χ3n) is 5.62. The summed E-state index contributed by atoms with van der Waals surface area (Å²) in [6.45, 7) is 4.59. The quantitative estimate of drug-likeness (QED) is 0.531. The van der Waals surface area contributed by atoms with Crippen molar-refractivity contribution < 1.29 is 4.74 Å². The number of allylic oxidation sites excluding steroid dienone is 2. The summed E-state index contributed by atoms with van der Waals surface area (Å²) in [5, 5.41) is 4.64. The minimum atomic E-state index is -0.160. The third kappa shape index (κ3) is 4.64.